The van der Waals surface area contributed by atoms with Gasteiger partial charge >= 0.3 is 6.09 Å². The topological polar surface area (TPSA) is 48.3 Å². The number of fused-ring (bicyclic) bond motifs is 1. The molecule has 0 saturated heterocycles. The molecule has 140 valence electrons. The fourth-order valence-electron chi connectivity index (χ4n) is 3.27. The van der Waals surface area contributed by atoms with Crippen molar-refractivity contribution in [1.82, 2.24) is 4.57 Å². The van der Waals surface area contributed by atoms with Gasteiger partial charge in [-0.05, 0) is 44.5 Å². The molecule has 0 saturated carbocycles. The maximum Gasteiger partial charge on any atom is 0.419 e. The molecule has 3 rings (SSSR count). The minimum atomic E-state index is -0.652. The number of rotatable bonds is 3. The van der Waals surface area contributed by atoms with E-state index < -0.39 is 11.7 Å². The zero-order chi connectivity index (χ0) is 19.8. The van der Waals surface area contributed by atoms with E-state index in [1.54, 1.807) is 6.07 Å². The molecule has 0 N–H and O–H groups in total. The third-order valence-electron chi connectivity index (χ3n) is 4.40. The first-order chi connectivity index (χ1) is 12.7. The minimum Gasteiger partial charge on any atom is -0.443 e. The Kier molecular flexibility index (Phi) is 5.11. The van der Waals surface area contributed by atoms with Crippen molar-refractivity contribution in [1.29, 1.82) is 0 Å². The number of halogens is 1. The number of carbonyl (C=O) groups excluding carboxylic acids is 2. The molecule has 0 fully saturated rings. The molecule has 0 spiro atoms. The third-order valence-corrected chi connectivity index (χ3v) is 4.64. The Morgan fingerprint density at radius 3 is 2.48 bits per heavy atom. The van der Waals surface area contributed by atoms with Crippen molar-refractivity contribution in [3.63, 3.8) is 0 Å². The van der Waals surface area contributed by atoms with Gasteiger partial charge in [0.2, 0.25) is 0 Å². The highest BCUT2D eigenvalue weighted by molar-refractivity contribution is 6.30. The molecule has 1 aromatic heterocycles. The molecule has 1 heterocycles. The van der Waals surface area contributed by atoms with E-state index in [9.17, 15) is 9.59 Å². The van der Waals surface area contributed by atoms with Crippen LogP contribution in [0.15, 0.2) is 48.5 Å². The number of aromatic nitrogens is 1. The summed E-state index contributed by atoms with van der Waals surface area (Å²) in [7, 11) is 0. The van der Waals surface area contributed by atoms with Crippen LogP contribution in [-0.4, -0.2) is 22.5 Å². The van der Waals surface area contributed by atoms with Crippen molar-refractivity contribution in [2.45, 2.75) is 39.2 Å². The molecule has 0 aliphatic heterocycles. The average Bonchev–Trinajstić information content (AvgIpc) is 2.94. The van der Waals surface area contributed by atoms with Gasteiger partial charge in [-0.25, -0.2) is 9.36 Å². The van der Waals surface area contributed by atoms with Crippen molar-refractivity contribution in [3.05, 3.63) is 70.4 Å². The summed E-state index contributed by atoms with van der Waals surface area (Å²) < 4.78 is 7.13. The predicted octanol–water partition coefficient (Wildman–Crippen LogP) is 6.04. The highest BCUT2D eigenvalue weighted by Gasteiger charge is 2.28. The van der Waals surface area contributed by atoms with Crippen LogP contribution in [0.3, 0.4) is 0 Å². The molecule has 0 aliphatic rings. The minimum absolute atomic E-state index is 0.233. The van der Waals surface area contributed by atoms with Gasteiger partial charge in [0.25, 0.3) is 0 Å². The zero-order valence-electron chi connectivity index (χ0n) is 15.8. The molecule has 0 amide bonds. The SMILES string of the molecule is C[C@H](c1cccc(Cl)c1)c1c(C=O)c2ccccc2n1C(=O)OC(C)(C)C. The fourth-order valence-corrected chi connectivity index (χ4v) is 3.47. The van der Waals surface area contributed by atoms with E-state index in [1.807, 2.05) is 70.2 Å². The van der Waals surface area contributed by atoms with Gasteiger partial charge in [0.15, 0.2) is 6.29 Å². The van der Waals surface area contributed by atoms with Crippen LogP contribution in [-0.2, 0) is 4.74 Å². The van der Waals surface area contributed by atoms with E-state index in [4.69, 9.17) is 16.3 Å². The second-order valence-corrected chi connectivity index (χ2v) is 7.96. The Balaban J connectivity index is 2.28. The third kappa shape index (κ3) is 3.76. The molecule has 4 nitrogen and oxygen atoms in total. The number of aldehydes is 1. The molecular formula is C22H22ClNO3. The zero-order valence-corrected chi connectivity index (χ0v) is 16.6. The number of para-hydroxylation sites is 1. The van der Waals surface area contributed by atoms with Crippen LogP contribution in [0.2, 0.25) is 5.02 Å². The summed E-state index contributed by atoms with van der Waals surface area (Å²) in [6.45, 7) is 7.40. The standard InChI is InChI=1S/C22H22ClNO3/c1-14(15-8-7-9-16(23)12-15)20-18(13-25)17-10-5-6-11-19(17)24(20)21(26)27-22(2,3)4/h5-14H,1-4H3/t14-/m1/s1. The van der Waals surface area contributed by atoms with Crippen LogP contribution in [0.4, 0.5) is 4.79 Å². The van der Waals surface area contributed by atoms with Crippen LogP contribution >= 0.6 is 11.6 Å². The van der Waals surface area contributed by atoms with Crippen LogP contribution in [0, 0.1) is 0 Å². The highest BCUT2D eigenvalue weighted by Crippen LogP contribution is 2.35. The fraction of sp³-hybridized carbons (Fsp3) is 0.273. The molecule has 2 aromatic carbocycles. The summed E-state index contributed by atoms with van der Waals surface area (Å²) in [6, 6.07) is 14.8. The van der Waals surface area contributed by atoms with Gasteiger partial charge in [-0.15, -0.1) is 0 Å². The first-order valence-electron chi connectivity index (χ1n) is 8.80. The Morgan fingerprint density at radius 1 is 1.15 bits per heavy atom. The second-order valence-electron chi connectivity index (χ2n) is 7.53. The lowest BCUT2D eigenvalue weighted by molar-refractivity contribution is 0.0539. The molecule has 27 heavy (non-hydrogen) atoms. The van der Waals surface area contributed by atoms with Gasteiger partial charge in [-0.2, -0.15) is 0 Å². The summed E-state index contributed by atoms with van der Waals surface area (Å²) >= 11 is 6.15. The first kappa shape index (κ1) is 19.2. The molecule has 1 atom stereocenters. The summed E-state index contributed by atoms with van der Waals surface area (Å²) in [5, 5.41) is 1.33. The Hall–Kier alpha value is -2.59. The smallest absolute Gasteiger partial charge is 0.419 e. The predicted molar refractivity (Wildman–Crippen MR) is 108 cm³/mol. The Morgan fingerprint density at radius 2 is 1.85 bits per heavy atom. The van der Waals surface area contributed by atoms with E-state index in [-0.39, 0.29) is 5.92 Å². The average molecular weight is 384 g/mol. The number of benzene rings is 2. The lowest BCUT2D eigenvalue weighted by Gasteiger charge is -2.22. The van der Waals surface area contributed by atoms with Crippen molar-refractivity contribution in [3.8, 4) is 0 Å². The highest BCUT2D eigenvalue weighted by atomic mass is 35.5. The molecule has 0 aliphatic carbocycles. The van der Waals surface area contributed by atoms with Crippen molar-refractivity contribution >= 4 is 34.9 Å². The molecule has 0 bridgehead atoms. The van der Waals surface area contributed by atoms with Crippen LogP contribution in [0.1, 0.15) is 55.2 Å². The van der Waals surface area contributed by atoms with Gasteiger partial charge < -0.3 is 4.74 Å². The lowest BCUT2D eigenvalue weighted by Crippen LogP contribution is -2.28. The van der Waals surface area contributed by atoms with E-state index in [0.29, 0.717) is 21.8 Å². The Labute approximate surface area is 163 Å². The Bertz CT molecular complexity index is 1010. The molecule has 0 unspecified atom stereocenters. The van der Waals surface area contributed by atoms with Gasteiger partial charge in [0, 0.05) is 27.6 Å². The number of carbonyl (C=O) groups is 2. The largest absolute Gasteiger partial charge is 0.443 e. The van der Waals surface area contributed by atoms with Gasteiger partial charge in [-0.1, -0.05) is 48.9 Å². The van der Waals surface area contributed by atoms with Gasteiger partial charge in [0.05, 0.1) is 5.52 Å². The molecular weight excluding hydrogens is 362 g/mol. The van der Waals surface area contributed by atoms with Crippen molar-refractivity contribution < 1.29 is 14.3 Å². The monoisotopic (exact) mass is 383 g/mol. The first-order valence-corrected chi connectivity index (χ1v) is 9.18. The normalized spacial score (nSPS) is 12.8. The van der Waals surface area contributed by atoms with E-state index in [1.165, 1.54) is 4.57 Å². The van der Waals surface area contributed by atoms with Crippen molar-refractivity contribution in [2.24, 2.45) is 0 Å². The summed E-state index contributed by atoms with van der Waals surface area (Å²) in [6.07, 6.45) is 0.301. The van der Waals surface area contributed by atoms with Gasteiger partial charge in [-0.3, -0.25) is 4.79 Å². The quantitative estimate of drug-likeness (QED) is 0.518. The summed E-state index contributed by atoms with van der Waals surface area (Å²) in [4.78, 5) is 25.0. The molecule has 3 aromatic rings. The maximum absolute atomic E-state index is 13.0. The van der Waals surface area contributed by atoms with Crippen LogP contribution in [0.5, 0.6) is 0 Å². The van der Waals surface area contributed by atoms with E-state index in [0.717, 1.165) is 17.2 Å². The number of nitrogens with zero attached hydrogens (tertiary/aromatic N) is 1. The number of ether oxygens (including phenoxy) is 1. The van der Waals surface area contributed by atoms with Gasteiger partial charge in [0.1, 0.15) is 5.60 Å². The summed E-state index contributed by atoms with van der Waals surface area (Å²) in [5.74, 6) is -0.233. The van der Waals surface area contributed by atoms with Crippen molar-refractivity contribution in [2.75, 3.05) is 0 Å². The summed E-state index contributed by atoms with van der Waals surface area (Å²) in [5.41, 5.74) is 2.00. The maximum atomic E-state index is 13.0. The van der Waals surface area contributed by atoms with Crippen LogP contribution < -0.4 is 0 Å². The van der Waals surface area contributed by atoms with Crippen LogP contribution in [0.25, 0.3) is 10.9 Å². The van der Waals surface area contributed by atoms with E-state index >= 15 is 0 Å². The number of hydrogen-bond donors (Lipinski definition) is 0. The number of hydrogen-bond acceptors (Lipinski definition) is 3. The lowest BCUT2D eigenvalue weighted by atomic mass is 9.94. The molecule has 5 heteroatoms. The van der Waals surface area contributed by atoms with E-state index in [2.05, 4.69) is 0 Å². The molecule has 0 radical (unpaired) electrons. The second kappa shape index (κ2) is 7.20.